The number of hydrogen-bond donors (Lipinski definition) is 2. The number of aromatic nitrogens is 1. The number of amides is 2. The molecular weight excluding hydrogens is 256 g/mol. The van der Waals surface area contributed by atoms with Crippen molar-refractivity contribution in [2.75, 3.05) is 6.54 Å². The van der Waals surface area contributed by atoms with Crippen molar-refractivity contribution in [2.24, 2.45) is 0 Å². The molecule has 0 bridgehead atoms. The highest BCUT2D eigenvalue weighted by molar-refractivity contribution is 5.92. The molecule has 1 aromatic heterocycles. The van der Waals surface area contributed by atoms with Crippen LogP contribution < -0.4 is 10.6 Å². The molecule has 0 radical (unpaired) electrons. The first-order chi connectivity index (χ1) is 9.31. The molecule has 0 aliphatic rings. The van der Waals surface area contributed by atoms with Crippen molar-refractivity contribution in [3.63, 3.8) is 0 Å². The summed E-state index contributed by atoms with van der Waals surface area (Å²) < 4.78 is 0. The Hall–Kier alpha value is -2.42. The standard InChI is InChI=1S/C14H18N4O2/c1-14(2,3)18-12(19)6-7-16-13(20)11-5-4-10(8-15)9-17-11/h4-5,9H,6-7H2,1-3H3,(H,16,20)(H,18,19). The zero-order valence-electron chi connectivity index (χ0n) is 11.9. The SMILES string of the molecule is CC(C)(C)NC(=O)CCNC(=O)c1ccc(C#N)cn1. The van der Waals surface area contributed by atoms with Crippen LogP contribution >= 0.6 is 0 Å². The average Bonchev–Trinajstić information content (AvgIpc) is 2.36. The average molecular weight is 274 g/mol. The van der Waals surface area contributed by atoms with Gasteiger partial charge < -0.3 is 10.6 Å². The van der Waals surface area contributed by atoms with Crippen LogP contribution in [0.3, 0.4) is 0 Å². The van der Waals surface area contributed by atoms with Gasteiger partial charge in [0, 0.05) is 24.7 Å². The first-order valence-electron chi connectivity index (χ1n) is 6.27. The highest BCUT2D eigenvalue weighted by atomic mass is 16.2. The molecule has 0 saturated carbocycles. The summed E-state index contributed by atoms with van der Waals surface area (Å²) in [6.07, 6.45) is 1.54. The molecule has 0 aromatic carbocycles. The van der Waals surface area contributed by atoms with E-state index in [1.54, 1.807) is 0 Å². The molecular formula is C14H18N4O2. The van der Waals surface area contributed by atoms with Crippen molar-refractivity contribution in [2.45, 2.75) is 32.7 Å². The van der Waals surface area contributed by atoms with Gasteiger partial charge in [-0.15, -0.1) is 0 Å². The van der Waals surface area contributed by atoms with Crippen molar-refractivity contribution in [3.8, 4) is 6.07 Å². The number of carbonyl (C=O) groups excluding carboxylic acids is 2. The number of nitrogens with one attached hydrogen (secondary N) is 2. The number of pyridine rings is 1. The van der Waals surface area contributed by atoms with Gasteiger partial charge in [-0.1, -0.05) is 0 Å². The number of hydrogen-bond acceptors (Lipinski definition) is 4. The fourth-order valence-corrected chi connectivity index (χ4v) is 1.46. The topological polar surface area (TPSA) is 94.9 Å². The maximum atomic E-state index is 11.7. The molecule has 6 heteroatoms. The van der Waals surface area contributed by atoms with Crippen molar-refractivity contribution in [1.29, 1.82) is 5.26 Å². The van der Waals surface area contributed by atoms with E-state index in [0.29, 0.717) is 5.56 Å². The molecule has 2 amide bonds. The molecule has 0 unspecified atom stereocenters. The first-order valence-corrected chi connectivity index (χ1v) is 6.27. The Balaban J connectivity index is 2.40. The van der Waals surface area contributed by atoms with Gasteiger partial charge in [0.2, 0.25) is 5.91 Å². The zero-order chi connectivity index (χ0) is 15.2. The summed E-state index contributed by atoms with van der Waals surface area (Å²) in [5, 5.41) is 14.0. The van der Waals surface area contributed by atoms with Crippen molar-refractivity contribution < 1.29 is 9.59 Å². The second-order valence-electron chi connectivity index (χ2n) is 5.35. The quantitative estimate of drug-likeness (QED) is 0.855. The first kappa shape index (κ1) is 15.6. The van der Waals surface area contributed by atoms with Crippen molar-refractivity contribution in [3.05, 3.63) is 29.6 Å². The molecule has 0 saturated heterocycles. The van der Waals surface area contributed by atoms with Crippen LogP contribution in [0.15, 0.2) is 18.3 Å². The van der Waals surface area contributed by atoms with Crippen LogP contribution in [-0.2, 0) is 4.79 Å². The van der Waals surface area contributed by atoms with E-state index in [0.717, 1.165) is 0 Å². The molecule has 6 nitrogen and oxygen atoms in total. The lowest BCUT2D eigenvalue weighted by Gasteiger charge is -2.20. The number of nitrogens with zero attached hydrogens (tertiary/aromatic N) is 2. The van der Waals surface area contributed by atoms with E-state index < -0.39 is 0 Å². The van der Waals surface area contributed by atoms with Gasteiger partial charge in [0.05, 0.1) is 5.56 Å². The molecule has 1 rings (SSSR count). The lowest BCUT2D eigenvalue weighted by molar-refractivity contribution is -0.122. The highest BCUT2D eigenvalue weighted by Gasteiger charge is 2.14. The lowest BCUT2D eigenvalue weighted by Crippen LogP contribution is -2.42. The maximum absolute atomic E-state index is 11.7. The lowest BCUT2D eigenvalue weighted by atomic mass is 10.1. The Morgan fingerprint density at radius 1 is 1.35 bits per heavy atom. The van der Waals surface area contributed by atoms with Crippen LogP contribution in [-0.4, -0.2) is 28.9 Å². The molecule has 1 heterocycles. The minimum atomic E-state index is -0.363. The fourth-order valence-electron chi connectivity index (χ4n) is 1.46. The second kappa shape index (κ2) is 6.66. The monoisotopic (exact) mass is 274 g/mol. The van der Waals surface area contributed by atoms with E-state index in [9.17, 15) is 9.59 Å². The van der Waals surface area contributed by atoms with E-state index in [2.05, 4.69) is 15.6 Å². The van der Waals surface area contributed by atoms with Crippen LogP contribution in [0.4, 0.5) is 0 Å². The Morgan fingerprint density at radius 2 is 2.05 bits per heavy atom. The maximum Gasteiger partial charge on any atom is 0.269 e. The van der Waals surface area contributed by atoms with Gasteiger partial charge in [-0.2, -0.15) is 5.26 Å². The normalized spacial score (nSPS) is 10.5. The van der Waals surface area contributed by atoms with Crippen LogP contribution in [0.1, 0.15) is 43.2 Å². The predicted octanol–water partition coefficient (Wildman–Crippen LogP) is 0.988. The smallest absolute Gasteiger partial charge is 0.269 e. The van der Waals surface area contributed by atoms with Gasteiger partial charge in [-0.3, -0.25) is 9.59 Å². The molecule has 2 N–H and O–H groups in total. The minimum Gasteiger partial charge on any atom is -0.351 e. The number of carbonyl (C=O) groups is 2. The molecule has 20 heavy (non-hydrogen) atoms. The van der Waals surface area contributed by atoms with Crippen LogP contribution in [0.5, 0.6) is 0 Å². The summed E-state index contributed by atoms with van der Waals surface area (Å²) in [6.45, 7) is 5.92. The molecule has 106 valence electrons. The van der Waals surface area contributed by atoms with Crippen LogP contribution in [0, 0.1) is 11.3 Å². The van der Waals surface area contributed by atoms with Crippen LogP contribution in [0.25, 0.3) is 0 Å². The Morgan fingerprint density at radius 3 is 2.55 bits per heavy atom. The fraction of sp³-hybridized carbons (Fsp3) is 0.429. The summed E-state index contributed by atoms with van der Waals surface area (Å²) in [6, 6.07) is 4.92. The third-order valence-electron chi connectivity index (χ3n) is 2.28. The van der Waals surface area contributed by atoms with E-state index in [1.165, 1.54) is 18.3 Å². The van der Waals surface area contributed by atoms with Crippen LogP contribution in [0.2, 0.25) is 0 Å². The molecule has 0 spiro atoms. The van der Waals surface area contributed by atoms with E-state index in [1.807, 2.05) is 26.8 Å². The Labute approximate surface area is 118 Å². The third-order valence-corrected chi connectivity index (χ3v) is 2.28. The Bertz CT molecular complexity index is 524. The second-order valence-corrected chi connectivity index (χ2v) is 5.35. The van der Waals surface area contributed by atoms with Gasteiger partial charge in [-0.05, 0) is 32.9 Å². The molecule has 0 atom stereocenters. The summed E-state index contributed by atoms with van der Waals surface area (Å²) in [7, 11) is 0. The van der Waals surface area contributed by atoms with E-state index in [-0.39, 0.29) is 36.0 Å². The van der Waals surface area contributed by atoms with E-state index >= 15 is 0 Å². The number of rotatable bonds is 4. The molecule has 0 fully saturated rings. The zero-order valence-corrected chi connectivity index (χ0v) is 11.9. The third kappa shape index (κ3) is 5.48. The largest absolute Gasteiger partial charge is 0.351 e. The van der Waals surface area contributed by atoms with Gasteiger partial charge >= 0.3 is 0 Å². The number of nitriles is 1. The molecule has 0 aliphatic heterocycles. The molecule has 0 aliphatic carbocycles. The van der Waals surface area contributed by atoms with Gasteiger partial charge in [0.25, 0.3) is 5.91 Å². The highest BCUT2D eigenvalue weighted by Crippen LogP contribution is 2.00. The van der Waals surface area contributed by atoms with E-state index in [4.69, 9.17) is 5.26 Å². The summed E-state index contributed by atoms with van der Waals surface area (Å²) >= 11 is 0. The van der Waals surface area contributed by atoms with Gasteiger partial charge in [0.1, 0.15) is 11.8 Å². The molecule has 1 aromatic rings. The summed E-state index contributed by atoms with van der Waals surface area (Å²) in [4.78, 5) is 27.1. The summed E-state index contributed by atoms with van der Waals surface area (Å²) in [5.41, 5.74) is 0.335. The van der Waals surface area contributed by atoms with Crippen molar-refractivity contribution in [1.82, 2.24) is 15.6 Å². The Kier molecular flexibility index (Phi) is 5.21. The predicted molar refractivity (Wildman–Crippen MR) is 73.8 cm³/mol. The van der Waals surface area contributed by atoms with Gasteiger partial charge in [0.15, 0.2) is 0 Å². The van der Waals surface area contributed by atoms with Gasteiger partial charge in [-0.25, -0.2) is 4.98 Å². The minimum absolute atomic E-state index is 0.120. The van der Waals surface area contributed by atoms with Crippen molar-refractivity contribution >= 4 is 11.8 Å². The summed E-state index contributed by atoms with van der Waals surface area (Å²) in [5.74, 6) is -0.483.